The molecule has 2 aromatic rings. The second-order valence-electron chi connectivity index (χ2n) is 5.49. The van der Waals surface area contributed by atoms with Gasteiger partial charge < -0.3 is 19.9 Å². The largest absolute Gasteiger partial charge is 0.510 e. The van der Waals surface area contributed by atoms with Gasteiger partial charge in [0.2, 0.25) is 0 Å². The van der Waals surface area contributed by atoms with Gasteiger partial charge in [0.25, 0.3) is 5.91 Å². The van der Waals surface area contributed by atoms with Crippen molar-refractivity contribution in [2.75, 3.05) is 19.5 Å². The Morgan fingerprint density at radius 2 is 1.80 bits per heavy atom. The number of hydrogen-bond donors (Lipinski definition) is 3. The molecule has 0 aromatic heterocycles. The summed E-state index contributed by atoms with van der Waals surface area (Å²) in [5.74, 6) is -0.434. The van der Waals surface area contributed by atoms with Gasteiger partial charge in [-0.1, -0.05) is 16.6 Å². The van der Waals surface area contributed by atoms with Gasteiger partial charge in [-0.3, -0.25) is 4.79 Å². The number of carbonyl (C=O) groups is 1. The van der Waals surface area contributed by atoms with Crippen molar-refractivity contribution >= 4 is 40.9 Å². The molecule has 3 N–H and O–H groups in total. The average Bonchev–Trinajstić information content (AvgIpc) is 2.73. The van der Waals surface area contributed by atoms with E-state index in [9.17, 15) is 9.90 Å². The molecule has 30 heavy (non-hydrogen) atoms. The number of anilines is 1. The third kappa shape index (κ3) is 6.34. The smallest absolute Gasteiger partial charge is 0.279 e. The van der Waals surface area contributed by atoms with Crippen molar-refractivity contribution < 1.29 is 34.0 Å². The second kappa shape index (κ2) is 11.4. The number of halogens is 1. The summed E-state index contributed by atoms with van der Waals surface area (Å²) in [5, 5.41) is 32.2. The SMILES string of the molecule is COc1cc(NC(=O)C(N=Nc2ccc(SOOO)cc2)=C(C)O)c(OC)cc1Cl. The minimum absolute atomic E-state index is 0.269. The van der Waals surface area contributed by atoms with Gasteiger partial charge in [0.05, 0.1) is 42.7 Å². The van der Waals surface area contributed by atoms with Gasteiger partial charge in [-0.05, 0) is 31.2 Å². The fraction of sp³-hybridized carbons (Fsp3) is 0.167. The number of amides is 1. The van der Waals surface area contributed by atoms with E-state index in [4.69, 9.17) is 26.3 Å². The Hall–Kier alpha value is -2.83. The Labute approximate surface area is 181 Å². The van der Waals surface area contributed by atoms with Crippen LogP contribution in [0.2, 0.25) is 5.02 Å². The van der Waals surface area contributed by atoms with Gasteiger partial charge >= 0.3 is 0 Å². The van der Waals surface area contributed by atoms with Gasteiger partial charge in [-0.2, -0.15) is 5.11 Å². The quantitative estimate of drug-likeness (QED) is 0.116. The first-order valence-electron chi connectivity index (χ1n) is 8.18. The molecule has 0 bridgehead atoms. The molecule has 0 atom stereocenters. The number of aliphatic hydroxyl groups is 1. The zero-order valence-corrected chi connectivity index (χ0v) is 17.7. The van der Waals surface area contributed by atoms with Crippen LogP contribution in [0.3, 0.4) is 0 Å². The first-order valence-corrected chi connectivity index (χ1v) is 9.30. The summed E-state index contributed by atoms with van der Waals surface area (Å²) in [5.41, 5.74) is 0.369. The van der Waals surface area contributed by atoms with Gasteiger partial charge in [0, 0.05) is 17.0 Å². The number of allylic oxidation sites excluding steroid dienone is 1. The molecular formula is C18H18ClN3O7S. The monoisotopic (exact) mass is 455 g/mol. The molecule has 0 radical (unpaired) electrons. The molecule has 2 aromatic carbocycles. The lowest BCUT2D eigenvalue weighted by Gasteiger charge is -2.13. The number of hydrogen-bond acceptors (Lipinski definition) is 10. The van der Waals surface area contributed by atoms with E-state index in [1.54, 1.807) is 24.3 Å². The third-order valence-electron chi connectivity index (χ3n) is 3.54. The van der Waals surface area contributed by atoms with Crippen LogP contribution >= 0.6 is 23.6 Å². The van der Waals surface area contributed by atoms with E-state index in [-0.39, 0.29) is 17.1 Å². The van der Waals surface area contributed by atoms with Crippen molar-refractivity contribution in [1.29, 1.82) is 0 Å². The van der Waals surface area contributed by atoms with Gasteiger partial charge in [-0.15, -0.1) is 9.45 Å². The van der Waals surface area contributed by atoms with E-state index in [0.717, 1.165) is 12.0 Å². The number of methoxy groups -OCH3 is 2. The Balaban J connectivity index is 2.20. The molecule has 10 nitrogen and oxygen atoms in total. The van der Waals surface area contributed by atoms with Crippen molar-refractivity contribution in [1.82, 2.24) is 0 Å². The normalized spacial score (nSPS) is 11.9. The van der Waals surface area contributed by atoms with E-state index in [2.05, 4.69) is 24.9 Å². The number of azo groups is 1. The molecule has 1 amide bonds. The lowest BCUT2D eigenvalue weighted by atomic mass is 10.2. The maximum absolute atomic E-state index is 12.6. The standard InChI is InChI=1S/C18H18ClN3O7S/c1-10(23)17(22-21-11-4-6-12(7-5-11)30-29-28-25)18(24)20-14-9-15(26-2)13(19)8-16(14)27-3/h4-9,23,25H,1-3H3,(H,20,24). The van der Waals surface area contributed by atoms with Crippen molar-refractivity contribution in [3.05, 3.63) is 52.9 Å². The van der Waals surface area contributed by atoms with E-state index >= 15 is 0 Å². The molecule has 0 spiro atoms. The number of carbonyl (C=O) groups excluding carboxylic acids is 1. The highest BCUT2D eigenvalue weighted by molar-refractivity contribution is 7.94. The Morgan fingerprint density at radius 1 is 1.13 bits per heavy atom. The Bertz CT molecular complexity index is 948. The number of nitrogens with one attached hydrogen (secondary N) is 1. The summed E-state index contributed by atoms with van der Waals surface area (Å²) < 4.78 is 14.7. The first kappa shape index (κ1) is 23.4. The van der Waals surface area contributed by atoms with Crippen LogP contribution < -0.4 is 14.8 Å². The first-order chi connectivity index (χ1) is 14.4. The summed E-state index contributed by atoms with van der Waals surface area (Å²) in [6.07, 6.45) is 0. The van der Waals surface area contributed by atoms with Crippen LogP contribution in [0, 0.1) is 0 Å². The van der Waals surface area contributed by atoms with Crippen molar-refractivity contribution in [3.8, 4) is 11.5 Å². The van der Waals surface area contributed by atoms with Gasteiger partial charge in [-0.25, -0.2) is 5.26 Å². The second-order valence-corrected chi connectivity index (χ2v) is 6.68. The van der Waals surface area contributed by atoms with E-state index in [0.29, 0.717) is 27.1 Å². The fourth-order valence-corrected chi connectivity index (χ4v) is 2.74. The van der Waals surface area contributed by atoms with Crippen LogP contribution in [-0.2, 0) is 14.2 Å². The van der Waals surface area contributed by atoms with E-state index in [1.807, 2.05) is 0 Å². The number of ether oxygens (including phenoxy) is 2. The summed E-state index contributed by atoms with van der Waals surface area (Å²) in [6, 6.07) is 9.38. The molecule has 0 saturated carbocycles. The zero-order valence-electron chi connectivity index (χ0n) is 16.1. The van der Waals surface area contributed by atoms with E-state index < -0.39 is 5.91 Å². The lowest BCUT2D eigenvalue weighted by molar-refractivity contribution is -0.432. The van der Waals surface area contributed by atoms with Crippen molar-refractivity contribution in [2.24, 2.45) is 10.2 Å². The number of rotatable bonds is 9. The zero-order chi connectivity index (χ0) is 22.1. The highest BCUT2D eigenvalue weighted by atomic mass is 35.5. The maximum atomic E-state index is 12.6. The summed E-state index contributed by atoms with van der Waals surface area (Å²) in [4.78, 5) is 13.3. The Morgan fingerprint density at radius 3 is 2.37 bits per heavy atom. The third-order valence-corrected chi connectivity index (χ3v) is 4.43. The van der Waals surface area contributed by atoms with Crippen LogP contribution in [0.25, 0.3) is 0 Å². The Kier molecular flexibility index (Phi) is 8.89. The highest BCUT2D eigenvalue weighted by Gasteiger charge is 2.17. The lowest BCUT2D eigenvalue weighted by Crippen LogP contribution is -2.15. The topological polar surface area (TPSA) is 131 Å². The van der Waals surface area contributed by atoms with Gasteiger partial charge in [0.1, 0.15) is 17.3 Å². The summed E-state index contributed by atoms with van der Waals surface area (Å²) in [6.45, 7) is 1.31. The van der Waals surface area contributed by atoms with Crippen molar-refractivity contribution in [3.63, 3.8) is 0 Å². The molecule has 0 heterocycles. The molecule has 0 aliphatic heterocycles. The summed E-state index contributed by atoms with van der Waals surface area (Å²) >= 11 is 6.84. The molecule has 0 unspecified atom stereocenters. The molecule has 0 saturated heterocycles. The van der Waals surface area contributed by atoms with Crippen LogP contribution in [0.4, 0.5) is 11.4 Å². The fourth-order valence-electron chi connectivity index (χ4n) is 2.15. The highest BCUT2D eigenvalue weighted by Crippen LogP contribution is 2.36. The number of benzene rings is 2. The molecule has 2 rings (SSSR count). The minimum Gasteiger partial charge on any atom is -0.510 e. The molecule has 12 heteroatoms. The van der Waals surface area contributed by atoms with Crippen molar-refractivity contribution in [2.45, 2.75) is 11.8 Å². The molecule has 0 fully saturated rings. The number of aliphatic hydroxyl groups excluding tert-OH is 1. The maximum Gasteiger partial charge on any atom is 0.279 e. The summed E-state index contributed by atoms with van der Waals surface area (Å²) in [7, 11) is 2.85. The molecule has 0 aliphatic carbocycles. The average molecular weight is 456 g/mol. The molecule has 0 aliphatic rings. The van der Waals surface area contributed by atoms with Gasteiger partial charge in [0.15, 0.2) is 5.70 Å². The predicted octanol–water partition coefficient (Wildman–Crippen LogP) is 5.30. The van der Waals surface area contributed by atoms with Crippen LogP contribution in [0.15, 0.2) is 63.0 Å². The van der Waals surface area contributed by atoms with Crippen LogP contribution in [0.5, 0.6) is 11.5 Å². The number of nitrogens with zero attached hydrogens (tertiary/aromatic N) is 2. The minimum atomic E-state index is -0.720. The predicted molar refractivity (Wildman–Crippen MR) is 110 cm³/mol. The van der Waals surface area contributed by atoms with E-state index in [1.165, 1.54) is 33.3 Å². The van der Waals surface area contributed by atoms with Crippen LogP contribution in [-0.4, -0.2) is 30.5 Å². The molecular weight excluding hydrogens is 438 g/mol. The van der Waals surface area contributed by atoms with Crippen LogP contribution in [0.1, 0.15) is 6.92 Å². The molecule has 160 valence electrons.